The number of rotatable bonds is 12. The van der Waals surface area contributed by atoms with Crippen LogP contribution in [0.5, 0.6) is 0 Å². The van der Waals surface area contributed by atoms with E-state index < -0.39 is 7.26 Å². The molecule has 0 rings (SSSR count). The third-order valence-electron chi connectivity index (χ3n) is 4.09. The molecule has 0 spiro atoms. The van der Waals surface area contributed by atoms with E-state index in [1.165, 1.54) is 51.1 Å². The average molecular weight is 261 g/mol. The molecule has 2 heteroatoms. The molecular formula is C15H36NP. The van der Waals surface area contributed by atoms with Gasteiger partial charge in [0.1, 0.15) is 0 Å². The summed E-state index contributed by atoms with van der Waals surface area (Å²) in [5.74, 6) is 0. The molecule has 0 fully saturated rings. The maximum atomic E-state index is 5.74. The molecule has 0 saturated carbocycles. The van der Waals surface area contributed by atoms with Gasteiger partial charge in [-0.1, -0.05) is 0 Å². The summed E-state index contributed by atoms with van der Waals surface area (Å²) in [6.07, 6.45) is 16.0. The zero-order valence-corrected chi connectivity index (χ0v) is 13.6. The van der Waals surface area contributed by atoms with E-state index in [4.69, 9.17) is 5.73 Å². The first kappa shape index (κ1) is 17.4. The molecule has 0 heterocycles. The van der Waals surface area contributed by atoms with E-state index in [-0.39, 0.29) is 0 Å². The molecule has 0 bridgehead atoms. The standard InChI is InChI=1S/C15H36NP/c1-4-7-12-17(13-8-5-2,14-9-6-3)15-10-11-16/h17H,4-16H2,1-3H3. The van der Waals surface area contributed by atoms with Crippen LogP contribution in [0.15, 0.2) is 0 Å². The van der Waals surface area contributed by atoms with Gasteiger partial charge in [-0.2, -0.15) is 0 Å². The Bertz CT molecular complexity index is 121. The number of nitrogens with two attached hydrogens (primary N) is 1. The second kappa shape index (κ2) is 11.5. The molecule has 1 nitrogen and oxygen atoms in total. The minimum absolute atomic E-state index is 0.902. The monoisotopic (exact) mass is 261 g/mol. The summed E-state index contributed by atoms with van der Waals surface area (Å²) < 4.78 is 0. The van der Waals surface area contributed by atoms with E-state index in [1.54, 1.807) is 18.5 Å². The molecular weight excluding hydrogens is 225 g/mol. The van der Waals surface area contributed by atoms with Crippen molar-refractivity contribution in [3.05, 3.63) is 0 Å². The summed E-state index contributed by atoms with van der Waals surface area (Å²) in [4.78, 5) is 0. The number of unbranched alkanes of at least 4 members (excludes halogenated alkanes) is 3. The Hall–Kier alpha value is 0.390. The van der Waals surface area contributed by atoms with Crippen molar-refractivity contribution in [1.29, 1.82) is 0 Å². The normalized spacial score (nSPS) is 12.9. The summed E-state index contributed by atoms with van der Waals surface area (Å²) in [7, 11) is -0.959. The van der Waals surface area contributed by atoms with E-state index >= 15 is 0 Å². The van der Waals surface area contributed by atoms with E-state index in [1.807, 2.05) is 0 Å². The zero-order chi connectivity index (χ0) is 13.0. The van der Waals surface area contributed by atoms with Gasteiger partial charge in [0.25, 0.3) is 0 Å². The predicted octanol–water partition coefficient (Wildman–Crippen LogP) is 4.49. The summed E-state index contributed by atoms with van der Waals surface area (Å²) in [5.41, 5.74) is 5.74. The molecule has 0 aliphatic rings. The van der Waals surface area contributed by atoms with Gasteiger partial charge in [0.2, 0.25) is 0 Å². The molecule has 0 aromatic carbocycles. The molecule has 0 atom stereocenters. The van der Waals surface area contributed by atoms with Gasteiger partial charge in [0.05, 0.1) is 0 Å². The minimum atomic E-state index is -0.959. The fourth-order valence-corrected chi connectivity index (χ4v) is 8.65. The van der Waals surface area contributed by atoms with Gasteiger partial charge in [-0.15, -0.1) is 0 Å². The molecule has 0 aliphatic carbocycles. The zero-order valence-electron chi connectivity index (χ0n) is 12.6. The summed E-state index contributed by atoms with van der Waals surface area (Å²) in [6.45, 7) is 7.91. The summed E-state index contributed by atoms with van der Waals surface area (Å²) >= 11 is 0. The van der Waals surface area contributed by atoms with Crippen LogP contribution < -0.4 is 5.73 Å². The van der Waals surface area contributed by atoms with Crippen molar-refractivity contribution in [3.63, 3.8) is 0 Å². The van der Waals surface area contributed by atoms with E-state index in [9.17, 15) is 0 Å². The Morgan fingerprint density at radius 3 is 1.29 bits per heavy atom. The van der Waals surface area contributed by atoms with Crippen molar-refractivity contribution in [1.82, 2.24) is 0 Å². The van der Waals surface area contributed by atoms with Gasteiger partial charge < -0.3 is 0 Å². The van der Waals surface area contributed by atoms with E-state index in [0.29, 0.717) is 0 Å². The van der Waals surface area contributed by atoms with Crippen molar-refractivity contribution in [2.45, 2.75) is 65.7 Å². The summed E-state index contributed by atoms with van der Waals surface area (Å²) in [6, 6.07) is 0. The number of hydrogen-bond acceptors (Lipinski definition) is 1. The van der Waals surface area contributed by atoms with Crippen LogP contribution in [0.4, 0.5) is 0 Å². The third-order valence-corrected chi connectivity index (χ3v) is 9.75. The van der Waals surface area contributed by atoms with Gasteiger partial charge in [-0.3, -0.25) is 0 Å². The molecule has 0 aliphatic heterocycles. The second-order valence-corrected chi connectivity index (χ2v) is 10.7. The first-order valence-electron chi connectivity index (χ1n) is 7.94. The van der Waals surface area contributed by atoms with Crippen LogP contribution in [0.2, 0.25) is 0 Å². The fourth-order valence-electron chi connectivity index (χ4n) is 2.88. The molecule has 0 saturated heterocycles. The van der Waals surface area contributed by atoms with Gasteiger partial charge in [0.15, 0.2) is 0 Å². The van der Waals surface area contributed by atoms with Crippen LogP contribution in [0, 0.1) is 0 Å². The van der Waals surface area contributed by atoms with Crippen LogP contribution in [-0.2, 0) is 0 Å². The van der Waals surface area contributed by atoms with Crippen molar-refractivity contribution in [3.8, 4) is 0 Å². The van der Waals surface area contributed by atoms with Crippen LogP contribution >= 0.6 is 7.26 Å². The SMILES string of the molecule is CCCC[PH](CCCC)(CCCC)CCCN. The molecule has 0 aromatic heterocycles. The van der Waals surface area contributed by atoms with Crippen LogP contribution in [0.25, 0.3) is 0 Å². The van der Waals surface area contributed by atoms with Crippen molar-refractivity contribution < 1.29 is 0 Å². The summed E-state index contributed by atoms with van der Waals surface area (Å²) in [5, 5.41) is 0. The van der Waals surface area contributed by atoms with Crippen molar-refractivity contribution >= 4 is 7.26 Å². The quantitative estimate of drug-likeness (QED) is 0.515. The Morgan fingerprint density at radius 2 is 1.00 bits per heavy atom. The molecule has 0 amide bonds. The molecule has 0 radical (unpaired) electrons. The van der Waals surface area contributed by atoms with Crippen LogP contribution in [0.3, 0.4) is 0 Å². The van der Waals surface area contributed by atoms with Gasteiger partial charge in [-0.25, -0.2) is 0 Å². The first-order valence-corrected chi connectivity index (χ1v) is 10.8. The topological polar surface area (TPSA) is 26.0 Å². The van der Waals surface area contributed by atoms with Crippen molar-refractivity contribution in [2.24, 2.45) is 5.73 Å². The molecule has 0 unspecified atom stereocenters. The second-order valence-electron chi connectivity index (χ2n) is 5.70. The fraction of sp³-hybridized carbons (Fsp3) is 1.00. The molecule has 17 heavy (non-hydrogen) atoms. The van der Waals surface area contributed by atoms with Crippen LogP contribution in [0.1, 0.15) is 65.7 Å². The Morgan fingerprint density at radius 1 is 0.647 bits per heavy atom. The third kappa shape index (κ3) is 8.16. The van der Waals surface area contributed by atoms with Crippen LogP contribution in [-0.4, -0.2) is 31.2 Å². The number of hydrogen-bond donors (Lipinski definition) is 1. The molecule has 106 valence electrons. The van der Waals surface area contributed by atoms with Gasteiger partial charge in [-0.05, 0) is 0 Å². The van der Waals surface area contributed by atoms with Gasteiger partial charge >= 0.3 is 110 Å². The van der Waals surface area contributed by atoms with E-state index in [2.05, 4.69) is 20.8 Å². The van der Waals surface area contributed by atoms with Crippen molar-refractivity contribution in [2.75, 3.05) is 31.2 Å². The average Bonchev–Trinajstić information content (AvgIpc) is 2.37. The maximum absolute atomic E-state index is 5.74. The molecule has 2 N–H and O–H groups in total. The van der Waals surface area contributed by atoms with Gasteiger partial charge in [0, 0.05) is 0 Å². The Labute approximate surface area is 110 Å². The first-order chi connectivity index (χ1) is 8.24. The van der Waals surface area contributed by atoms with E-state index in [0.717, 1.165) is 6.54 Å². The Kier molecular flexibility index (Phi) is 11.7. The predicted molar refractivity (Wildman–Crippen MR) is 86.2 cm³/mol. The molecule has 0 aromatic rings. The Balaban J connectivity index is 4.39.